The van der Waals surface area contributed by atoms with Crippen molar-refractivity contribution in [3.63, 3.8) is 0 Å². The molecule has 0 aliphatic heterocycles. The van der Waals surface area contributed by atoms with Crippen LogP contribution in [0.4, 0.5) is 0 Å². The minimum absolute atomic E-state index is 0.00571. The number of fused-ring (bicyclic) bond motifs is 3. The number of ether oxygens (including phenoxy) is 1. The van der Waals surface area contributed by atoms with E-state index in [1.807, 2.05) is 6.92 Å². The van der Waals surface area contributed by atoms with Crippen molar-refractivity contribution < 1.29 is 19.4 Å². The van der Waals surface area contributed by atoms with E-state index in [9.17, 15) is 14.7 Å². The Morgan fingerprint density at radius 3 is 2.58 bits per heavy atom. The number of hydrogen-bond acceptors (Lipinski definition) is 4. The standard InChI is InChI=1S/C22H34O4/c1-13-15-6-7-17-21(4)10-5-9-20(3,12-26-14(2)23)16(21)8-11-22(17,18(13)24)19(15)25/h13,15-17,19,25H,5-12H2,1-4H3/t13-,15+,16-,17+,19-,20-,21-,22-/m1/s1. The summed E-state index contributed by atoms with van der Waals surface area (Å²) in [6, 6.07) is 0. The molecule has 2 bridgehead atoms. The van der Waals surface area contributed by atoms with Gasteiger partial charge in [0.1, 0.15) is 5.78 Å². The van der Waals surface area contributed by atoms with Crippen LogP contribution in [0.5, 0.6) is 0 Å². The third kappa shape index (κ3) is 2.17. The molecule has 26 heavy (non-hydrogen) atoms. The van der Waals surface area contributed by atoms with Crippen molar-refractivity contribution >= 4 is 11.8 Å². The first-order valence-corrected chi connectivity index (χ1v) is 10.5. The van der Waals surface area contributed by atoms with Crippen molar-refractivity contribution in [1.29, 1.82) is 0 Å². The van der Waals surface area contributed by atoms with Gasteiger partial charge < -0.3 is 9.84 Å². The first-order valence-electron chi connectivity index (χ1n) is 10.5. The van der Waals surface area contributed by atoms with Crippen molar-refractivity contribution in [2.24, 2.45) is 39.9 Å². The van der Waals surface area contributed by atoms with Gasteiger partial charge in [0.05, 0.1) is 18.1 Å². The molecule has 0 aromatic rings. The lowest BCUT2D eigenvalue weighted by atomic mass is 9.40. The van der Waals surface area contributed by atoms with E-state index < -0.39 is 11.5 Å². The number of carbonyl (C=O) groups excluding carboxylic acids is 2. The van der Waals surface area contributed by atoms with E-state index >= 15 is 0 Å². The maximum Gasteiger partial charge on any atom is 0.302 e. The second kappa shape index (κ2) is 5.80. The van der Waals surface area contributed by atoms with Crippen molar-refractivity contribution in [2.75, 3.05) is 6.61 Å². The topological polar surface area (TPSA) is 63.6 Å². The summed E-state index contributed by atoms with van der Waals surface area (Å²) >= 11 is 0. The molecule has 0 saturated heterocycles. The molecular weight excluding hydrogens is 328 g/mol. The summed E-state index contributed by atoms with van der Waals surface area (Å²) in [6.45, 7) is 8.65. The van der Waals surface area contributed by atoms with Crippen LogP contribution in [-0.2, 0) is 14.3 Å². The zero-order valence-electron chi connectivity index (χ0n) is 16.7. The SMILES string of the molecule is CC(=O)OC[C@@]1(C)CCC[C@]2(C)[C@@H]1CC[C@]13C(=O)[C@H](C)[C@H](CC[C@@H]21)[C@H]3O. The van der Waals surface area contributed by atoms with Crippen LogP contribution in [0.15, 0.2) is 0 Å². The maximum atomic E-state index is 13.3. The first-order chi connectivity index (χ1) is 12.2. The number of carbonyl (C=O) groups is 2. The van der Waals surface area contributed by atoms with Gasteiger partial charge in [-0.15, -0.1) is 0 Å². The van der Waals surface area contributed by atoms with Crippen LogP contribution < -0.4 is 0 Å². The lowest BCUT2D eigenvalue weighted by molar-refractivity contribution is -0.196. The molecule has 1 N–H and O–H groups in total. The molecule has 0 aromatic carbocycles. The van der Waals surface area contributed by atoms with Crippen LogP contribution in [0.3, 0.4) is 0 Å². The molecule has 8 atom stereocenters. The monoisotopic (exact) mass is 362 g/mol. The molecule has 146 valence electrons. The summed E-state index contributed by atoms with van der Waals surface area (Å²) in [5.41, 5.74) is -0.473. The Hall–Kier alpha value is -0.900. The zero-order chi connectivity index (χ0) is 18.9. The molecule has 4 aliphatic rings. The highest BCUT2D eigenvalue weighted by molar-refractivity contribution is 5.91. The van der Waals surface area contributed by atoms with Crippen molar-refractivity contribution in [3.8, 4) is 0 Å². The average molecular weight is 363 g/mol. The summed E-state index contributed by atoms with van der Waals surface area (Å²) < 4.78 is 5.48. The minimum atomic E-state index is -0.507. The number of ketones is 1. The van der Waals surface area contributed by atoms with Gasteiger partial charge in [-0.3, -0.25) is 9.59 Å². The first kappa shape index (κ1) is 18.5. The Morgan fingerprint density at radius 2 is 1.88 bits per heavy atom. The van der Waals surface area contributed by atoms with Crippen LogP contribution in [0, 0.1) is 39.9 Å². The summed E-state index contributed by atoms with van der Waals surface area (Å²) in [5.74, 6) is 1.02. The third-order valence-electron chi connectivity index (χ3n) is 9.21. The van der Waals surface area contributed by atoms with Gasteiger partial charge in [0.2, 0.25) is 0 Å². The Kier molecular flexibility index (Phi) is 4.12. The molecule has 0 radical (unpaired) electrons. The molecule has 4 aliphatic carbocycles. The molecule has 0 heterocycles. The molecule has 4 heteroatoms. The molecule has 0 aromatic heterocycles. The van der Waals surface area contributed by atoms with E-state index in [0.29, 0.717) is 18.3 Å². The van der Waals surface area contributed by atoms with Crippen LogP contribution in [0.2, 0.25) is 0 Å². The molecular formula is C22H34O4. The van der Waals surface area contributed by atoms with E-state index in [1.165, 1.54) is 6.92 Å². The van der Waals surface area contributed by atoms with Gasteiger partial charge in [-0.1, -0.05) is 27.2 Å². The highest BCUT2D eigenvalue weighted by Gasteiger charge is 2.71. The predicted molar refractivity (Wildman–Crippen MR) is 98.2 cm³/mol. The largest absolute Gasteiger partial charge is 0.465 e. The normalized spacial score (nSPS) is 53.0. The van der Waals surface area contributed by atoms with E-state index in [-0.39, 0.29) is 34.6 Å². The highest BCUT2D eigenvalue weighted by atomic mass is 16.5. The summed E-state index contributed by atoms with van der Waals surface area (Å²) in [7, 11) is 0. The fourth-order valence-corrected chi connectivity index (χ4v) is 8.12. The second-order valence-corrected chi connectivity index (χ2v) is 10.3. The summed E-state index contributed by atoms with van der Waals surface area (Å²) in [4.78, 5) is 24.7. The summed E-state index contributed by atoms with van der Waals surface area (Å²) in [5, 5.41) is 11.2. The molecule has 4 saturated carbocycles. The second-order valence-electron chi connectivity index (χ2n) is 10.3. The van der Waals surface area contributed by atoms with Gasteiger partial charge in [-0.2, -0.15) is 0 Å². The van der Waals surface area contributed by atoms with Gasteiger partial charge >= 0.3 is 5.97 Å². The predicted octanol–water partition coefficient (Wildman–Crippen LogP) is 3.75. The lowest BCUT2D eigenvalue weighted by Gasteiger charge is -2.64. The fourth-order valence-electron chi connectivity index (χ4n) is 8.12. The smallest absolute Gasteiger partial charge is 0.302 e. The van der Waals surface area contributed by atoms with Crippen molar-refractivity contribution in [3.05, 3.63) is 0 Å². The van der Waals surface area contributed by atoms with Gasteiger partial charge in [0.25, 0.3) is 0 Å². The molecule has 1 spiro atoms. The molecule has 0 unspecified atom stereocenters. The Morgan fingerprint density at radius 1 is 1.15 bits per heavy atom. The van der Waals surface area contributed by atoms with Crippen molar-refractivity contribution in [1.82, 2.24) is 0 Å². The van der Waals surface area contributed by atoms with Crippen LogP contribution in [-0.4, -0.2) is 29.6 Å². The Balaban J connectivity index is 1.71. The molecule has 4 rings (SSSR count). The van der Waals surface area contributed by atoms with Gasteiger partial charge in [0.15, 0.2) is 0 Å². The van der Waals surface area contributed by atoms with Crippen molar-refractivity contribution in [2.45, 2.75) is 78.7 Å². The van der Waals surface area contributed by atoms with Gasteiger partial charge in [-0.05, 0) is 61.7 Å². The van der Waals surface area contributed by atoms with Crippen LogP contribution in [0.1, 0.15) is 72.6 Å². The quantitative estimate of drug-likeness (QED) is 0.760. The lowest BCUT2D eigenvalue weighted by Crippen LogP contribution is -2.62. The minimum Gasteiger partial charge on any atom is -0.465 e. The van der Waals surface area contributed by atoms with E-state index in [4.69, 9.17) is 4.74 Å². The molecule has 4 nitrogen and oxygen atoms in total. The van der Waals surface area contributed by atoms with Gasteiger partial charge in [-0.25, -0.2) is 0 Å². The highest BCUT2D eigenvalue weighted by Crippen LogP contribution is 2.71. The third-order valence-corrected chi connectivity index (χ3v) is 9.21. The number of rotatable bonds is 2. The van der Waals surface area contributed by atoms with Crippen LogP contribution in [0.25, 0.3) is 0 Å². The fraction of sp³-hybridized carbons (Fsp3) is 0.909. The van der Waals surface area contributed by atoms with Gasteiger partial charge in [0, 0.05) is 18.3 Å². The number of hydrogen-bond donors (Lipinski definition) is 1. The molecule has 4 fully saturated rings. The van der Waals surface area contributed by atoms with E-state index in [2.05, 4.69) is 13.8 Å². The Labute approximate surface area is 157 Å². The number of aliphatic hydroxyl groups is 1. The summed E-state index contributed by atoms with van der Waals surface area (Å²) in [6.07, 6.45) is 6.68. The molecule has 0 amide bonds. The van der Waals surface area contributed by atoms with E-state index in [1.54, 1.807) is 0 Å². The number of Topliss-reactive ketones (excluding diaryl/α,β-unsaturated/α-hetero) is 1. The Bertz CT molecular complexity index is 630. The zero-order valence-corrected chi connectivity index (χ0v) is 16.7. The average Bonchev–Trinajstić information content (AvgIpc) is 2.69. The van der Waals surface area contributed by atoms with E-state index in [0.717, 1.165) is 44.9 Å². The van der Waals surface area contributed by atoms with Crippen LogP contribution >= 0.6 is 0 Å². The maximum absolute atomic E-state index is 13.3. The number of aliphatic hydroxyl groups excluding tert-OH is 1. The number of esters is 1.